The van der Waals surface area contributed by atoms with E-state index in [4.69, 9.17) is 24.3 Å². The lowest BCUT2D eigenvalue weighted by molar-refractivity contribution is 0.101. The second-order valence-electron chi connectivity index (χ2n) is 11.1. The van der Waals surface area contributed by atoms with E-state index in [9.17, 15) is 4.79 Å². The van der Waals surface area contributed by atoms with Crippen LogP contribution in [-0.4, -0.2) is 46.6 Å². The van der Waals surface area contributed by atoms with Gasteiger partial charge in [0.15, 0.2) is 5.82 Å². The minimum Gasteiger partial charge on any atom is -0.496 e. The van der Waals surface area contributed by atoms with Crippen molar-refractivity contribution >= 4 is 22.8 Å². The maximum Gasteiger partial charge on any atom is 0.274 e. The summed E-state index contributed by atoms with van der Waals surface area (Å²) in [5.41, 5.74) is 5.33. The number of nitrogens with one attached hydrogen (secondary N) is 1. The second kappa shape index (κ2) is 11.8. The smallest absolute Gasteiger partial charge is 0.274 e. The summed E-state index contributed by atoms with van der Waals surface area (Å²) >= 11 is 0. The van der Waals surface area contributed by atoms with Crippen LogP contribution in [0.1, 0.15) is 65.7 Å². The Morgan fingerprint density at radius 3 is 2.32 bits per heavy atom. The minimum absolute atomic E-state index is 0.256. The van der Waals surface area contributed by atoms with Crippen LogP contribution in [0.25, 0.3) is 22.3 Å². The number of carbonyl (C=O) groups is 1. The van der Waals surface area contributed by atoms with Crippen LogP contribution < -0.4 is 19.5 Å². The molecule has 1 aliphatic rings. The fourth-order valence-corrected chi connectivity index (χ4v) is 6.06. The molecule has 1 aliphatic carbocycles. The van der Waals surface area contributed by atoms with Gasteiger partial charge in [-0.25, -0.2) is 4.68 Å². The van der Waals surface area contributed by atoms with Crippen molar-refractivity contribution < 1.29 is 19.0 Å². The summed E-state index contributed by atoms with van der Waals surface area (Å²) in [6.45, 7) is 6.76. The van der Waals surface area contributed by atoms with Crippen molar-refractivity contribution in [3.05, 3.63) is 46.6 Å². The third kappa shape index (κ3) is 5.49. The van der Waals surface area contributed by atoms with E-state index in [1.165, 1.54) is 32.1 Å². The highest BCUT2D eigenvalue weighted by Gasteiger charge is 2.23. The molecule has 41 heavy (non-hydrogen) atoms. The maximum absolute atomic E-state index is 13.6. The lowest BCUT2D eigenvalue weighted by Crippen LogP contribution is -2.17. The summed E-state index contributed by atoms with van der Waals surface area (Å²) in [4.78, 5) is 18.4. The van der Waals surface area contributed by atoms with Crippen molar-refractivity contribution in [2.45, 2.75) is 65.8 Å². The topological polar surface area (TPSA) is 92.4 Å². The number of hydrogen-bond donors (Lipinski definition) is 1. The molecule has 0 aliphatic heterocycles. The summed E-state index contributed by atoms with van der Waals surface area (Å²) < 4.78 is 20.7. The number of carbonyl (C=O) groups excluding carboxylic acids is 1. The standard InChI is InChI=1S/C32H41N5O4/c1-19-15-29(41-7)24(17-27(19)39-5)30-33-32(35-37(30)14-13-22-11-9-8-10-12-22)34-31(38)26-16-23-20(2)21(3)28(40-6)18-25(23)36(26)4/h15-18,22H,8-14H2,1-7H3,(H,34,35,38). The van der Waals surface area contributed by atoms with E-state index in [0.29, 0.717) is 29.7 Å². The van der Waals surface area contributed by atoms with Gasteiger partial charge in [-0.1, -0.05) is 32.1 Å². The van der Waals surface area contributed by atoms with Crippen LogP contribution in [-0.2, 0) is 13.6 Å². The molecule has 0 bridgehead atoms. The van der Waals surface area contributed by atoms with E-state index >= 15 is 0 Å². The molecule has 0 saturated heterocycles. The zero-order valence-electron chi connectivity index (χ0n) is 25.3. The zero-order valence-corrected chi connectivity index (χ0v) is 25.3. The number of methoxy groups -OCH3 is 3. The number of fused-ring (bicyclic) bond motifs is 1. The van der Waals surface area contributed by atoms with Gasteiger partial charge in [-0.3, -0.25) is 10.1 Å². The lowest BCUT2D eigenvalue weighted by atomic mass is 9.87. The zero-order chi connectivity index (χ0) is 29.3. The van der Waals surface area contributed by atoms with Crippen LogP contribution in [0.5, 0.6) is 17.2 Å². The molecule has 0 spiro atoms. The van der Waals surface area contributed by atoms with E-state index in [1.54, 1.807) is 21.3 Å². The van der Waals surface area contributed by atoms with Crippen molar-refractivity contribution in [1.29, 1.82) is 0 Å². The fraction of sp³-hybridized carbons (Fsp3) is 0.469. The summed E-state index contributed by atoms with van der Waals surface area (Å²) in [5, 5.41) is 8.76. The van der Waals surface area contributed by atoms with Gasteiger partial charge in [0.1, 0.15) is 22.9 Å². The molecule has 0 unspecified atom stereocenters. The van der Waals surface area contributed by atoms with Crippen molar-refractivity contribution in [3.8, 4) is 28.6 Å². The van der Waals surface area contributed by atoms with E-state index in [1.807, 2.05) is 61.3 Å². The van der Waals surface area contributed by atoms with Gasteiger partial charge in [0.2, 0.25) is 5.95 Å². The first-order valence-corrected chi connectivity index (χ1v) is 14.4. The molecule has 4 aromatic rings. The predicted octanol–water partition coefficient (Wildman–Crippen LogP) is 6.61. The van der Waals surface area contributed by atoms with Crippen molar-refractivity contribution in [3.63, 3.8) is 0 Å². The molecule has 2 heterocycles. The average Bonchev–Trinajstić information content (AvgIpc) is 3.54. The number of aromatic nitrogens is 4. The van der Waals surface area contributed by atoms with Gasteiger partial charge < -0.3 is 18.8 Å². The maximum atomic E-state index is 13.6. The number of anilines is 1. The Bertz CT molecular complexity index is 1580. The van der Waals surface area contributed by atoms with Gasteiger partial charge >= 0.3 is 0 Å². The monoisotopic (exact) mass is 559 g/mol. The first kappa shape index (κ1) is 28.5. The van der Waals surface area contributed by atoms with Crippen LogP contribution in [0.3, 0.4) is 0 Å². The van der Waals surface area contributed by atoms with E-state index in [-0.39, 0.29) is 11.9 Å². The minimum atomic E-state index is -0.274. The van der Waals surface area contributed by atoms with Crippen molar-refractivity contribution in [2.75, 3.05) is 26.6 Å². The van der Waals surface area contributed by atoms with Gasteiger partial charge in [-0.15, -0.1) is 5.10 Å². The first-order chi connectivity index (χ1) is 19.7. The predicted molar refractivity (Wildman–Crippen MR) is 161 cm³/mol. The number of hydrogen-bond acceptors (Lipinski definition) is 6. The van der Waals surface area contributed by atoms with Crippen LogP contribution >= 0.6 is 0 Å². The summed E-state index contributed by atoms with van der Waals surface area (Å²) in [7, 11) is 6.85. The SMILES string of the molecule is COc1cc(-c2nc(NC(=O)c3cc4c(C)c(C)c(OC)cc4n3C)nn2CCC2CCCCC2)c(OC)cc1C. The Kier molecular flexibility index (Phi) is 8.24. The molecule has 218 valence electrons. The fourth-order valence-electron chi connectivity index (χ4n) is 6.06. The molecular weight excluding hydrogens is 518 g/mol. The van der Waals surface area contributed by atoms with Gasteiger partial charge in [0.05, 0.1) is 32.4 Å². The Hall–Kier alpha value is -4.01. The highest BCUT2D eigenvalue weighted by atomic mass is 16.5. The molecule has 2 aromatic carbocycles. The number of benzene rings is 2. The first-order valence-electron chi connectivity index (χ1n) is 14.4. The van der Waals surface area contributed by atoms with Crippen LogP contribution in [0.4, 0.5) is 5.95 Å². The molecular formula is C32H41N5O4. The van der Waals surface area contributed by atoms with Crippen LogP contribution in [0.2, 0.25) is 0 Å². The molecule has 5 rings (SSSR count). The number of aryl methyl sites for hydroxylation is 4. The second-order valence-corrected chi connectivity index (χ2v) is 11.1. The Labute approximate surface area is 241 Å². The molecule has 1 N–H and O–H groups in total. The van der Waals surface area contributed by atoms with Gasteiger partial charge in [0, 0.05) is 25.0 Å². The molecule has 1 saturated carbocycles. The number of nitrogens with zero attached hydrogens (tertiary/aromatic N) is 4. The molecule has 1 amide bonds. The largest absolute Gasteiger partial charge is 0.496 e. The highest BCUT2D eigenvalue weighted by Crippen LogP contribution is 2.37. The molecule has 9 nitrogen and oxygen atoms in total. The van der Waals surface area contributed by atoms with Crippen LogP contribution in [0.15, 0.2) is 24.3 Å². The normalized spacial score (nSPS) is 13.9. The molecule has 0 atom stereocenters. The molecule has 2 aromatic heterocycles. The Balaban J connectivity index is 1.51. The Morgan fingerprint density at radius 2 is 1.63 bits per heavy atom. The number of rotatable bonds is 9. The van der Waals surface area contributed by atoms with Crippen LogP contribution in [0, 0.1) is 26.7 Å². The third-order valence-electron chi connectivity index (χ3n) is 8.67. The van der Waals surface area contributed by atoms with Crippen molar-refractivity contribution in [1.82, 2.24) is 19.3 Å². The number of ether oxygens (including phenoxy) is 3. The lowest BCUT2D eigenvalue weighted by Gasteiger charge is -2.21. The van der Waals surface area contributed by atoms with Crippen molar-refractivity contribution in [2.24, 2.45) is 13.0 Å². The van der Waals surface area contributed by atoms with E-state index < -0.39 is 0 Å². The molecule has 9 heteroatoms. The quantitative estimate of drug-likeness (QED) is 0.248. The van der Waals surface area contributed by atoms with Gasteiger partial charge in [0.25, 0.3) is 5.91 Å². The van der Waals surface area contributed by atoms with Gasteiger partial charge in [-0.05, 0) is 68.0 Å². The Morgan fingerprint density at radius 1 is 0.927 bits per heavy atom. The molecule has 1 fully saturated rings. The van der Waals surface area contributed by atoms with Gasteiger partial charge in [-0.2, -0.15) is 4.98 Å². The number of amides is 1. The third-order valence-corrected chi connectivity index (χ3v) is 8.67. The summed E-state index contributed by atoms with van der Waals surface area (Å²) in [6.07, 6.45) is 7.41. The van der Waals surface area contributed by atoms with E-state index in [0.717, 1.165) is 51.1 Å². The summed E-state index contributed by atoms with van der Waals surface area (Å²) in [5.74, 6) is 3.52. The highest BCUT2D eigenvalue weighted by molar-refractivity contribution is 6.06. The molecule has 0 radical (unpaired) electrons. The van der Waals surface area contributed by atoms with E-state index in [2.05, 4.69) is 5.32 Å². The summed E-state index contributed by atoms with van der Waals surface area (Å²) in [6, 6.07) is 7.77. The average molecular weight is 560 g/mol.